The van der Waals surface area contributed by atoms with Crippen molar-refractivity contribution in [3.05, 3.63) is 35.4 Å². The van der Waals surface area contributed by atoms with Crippen LogP contribution >= 0.6 is 0 Å². The van der Waals surface area contributed by atoms with E-state index in [2.05, 4.69) is 37.3 Å². The average Bonchev–Trinajstić information content (AvgIpc) is 2.30. The maximum atomic E-state index is 9.16. The minimum absolute atomic E-state index is 0.236. The fourth-order valence-corrected chi connectivity index (χ4v) is 2.66. The van der Waals surface area contributed by atoms with E-state index in [0.717, 1.165) is 6.42 Å². The molecule has 0 saturated heterocycles. The summed E-state index contributed by atoms with van der Waals surface area (Å²) >= 11 is 0. The Kier molecular flexibility index (Phi) is 3.06. The van der Waals surface area contributed by atoms with E-state index in [-0.39, 0.29) is 5.92 Å². The molecule has 1 saturated carbocycles. The molecule has 2 rings (SSSR count). The number of hydrogen-bond acceptors (Lipinski definition) is 1. The third kappa shape index (κ3) is 2.04. The van der Waals surface area contributed by atoms with E-state index in [0.29, 0.717) is 5.92 Å². The molecule has 1 heteroatoms. The summed E-state index contributed by atoms with van der Waals surface area (Å²) in [6, 6.07) is 11.0. The Hall–Kier alpha value is -1.29. The summed E-state index contributed by atoms with van der Waals surface area (Å²) in [6.45, 7) is 2.15. The molecule has 2 atom stereocenters. The molecule has 0 aliphatic heterocycles. The number of rotatable bonds is 1. The maximum absolute atomic E-state index is 9.16. The van der Waals surface area contributed by atoms with Gasteiger partial charge in [0.1, 0.15) is 0 Å². The van der Waals surface area contributed by atoms with E-state index < -0.39 is 0 Å². The Morgan fingerprint density at radius 2 is 1.93 bits per heavy atom. The number of nitrogens with zero attached hydrogens (tertiary/aromatic N) is 1. The lowest BCUT2D eigenvalue weighted by Crippen LogP contribution is -2.17. The van der Waals surface area contributed by atoms with Crippen LogP contribution in [0.25, 0.3) is 0 Å². The van der Waals surface area contributed by atoms with Crippen molar-refractivity contribution in [2.75, 3.05) is 0 Å². The molecule has 0 N–H and O–H groups in total. The van der Waals surface area contributed by atoms with Gasteiger partial charge in [0, 0.05) is 0 Å². The zero-order valence-corrected chi connectivity index (χ0v) is 9.24. The summed E-state index contributed by atoms with van der Waals surface area (Å²) in [7, 11) is 0. The van der Waals surface area contributed by atoms with Crippen LogP contribution in [-0.4, -0.2) is 0 Å². The van der Waals surface area contributed by atoms with Crippen LogP contribution in [0.15, 0.2) is 24.3 Å². The van der Waals surface area contributed by atoms with Gasteiger partial charge in [-0.05, 0) is 36.8 Å². The summed E-state index contributed by atoms with van der Waals surface area (Å²) in [5, 5.41) is 9.16. The largest absolute Gasteiger partial charge is 0.198 e. The standard InChI is InChI=1S/C14H17N/c1-11-6-2-4-8-13(11)14-9-5-3-7-12(14)10-15/h2,4,6,8,12,14H,3,5,7,9H2,1H3. The fourth-order valence-electron chi connectivity index (χ4n) is 2.66. The van der Waals surface area contributed by atoms with E-state index in [1.165, 1.54) is 30.4 Å². The summed E-state index contributed by atoms with van der Waals surface area (Å²) in [6.07, 6.45) is 4.76. The first kappa shape index (κ1) is 10.2. The molecule has 1 fully saturated rings. The summed E-state index contributed by atoms with van der Waals surface area (Å²) in [5.41, 5.74) is 2.73. The first-order valence-electron chi connectivity index (χ1n) is 5.78. The highest BCUT2D eigenvalue weighted by Crippen LogP contribution is 2.38. The van der Waals surface area contributed by atoms with Crippen LogP contribution < -0.4 is 0 Å². The lowest BCUT2D eigenvalue weighted by Gasteiger charge is -2.28. The van der Waals surface area contributed by atoms with Crippen molar-refractivity contribution < 1.29 is 0 Å². The quantitative estimate of drug-likeness (QED) is 0.675. The minimum atomic E-state index is 0.236. The van der Waals surface area contributed by atoms with Crippen molar-refractivity contribution >= 4 is 0 Å². The van der Waals surface area contributed by atoms with Crippen LogP contribution in [0.1, 0.15) is 42.7 Å². The van der Waals surface area contributed by atoms with Gasteiger partial charge in [-0.3, -0.25) is 0 Å². The van der Waals surface area contributed by atoms with Crippen LogP contribution in [0.4, 0.5) is 0 Å². The van der Waals surface area contributed by atoms with Gasteiger partial charge in [-0.25, -0.2) is 0 Å². The molecule has 78 valence electrons. The summed E-state index contributed by atoms with van der Waals surface area (Å²) in [4.78, 5) is 0. The molecule has 1 aromatic carbocycles. The molecule has 0 radical (unpaired) electrons. The molecule has 2 unspecified atom stereocenters. The van der Waals surface area contributed by atoms with Crippen molar-refractivity contribution in [3.8, 4) is 6.07 Å². The Bertz CT molecular complexity index is 375. The predicted molar refractivity (Wildman–Crippen MR) is 61.5 cm³/mol. The molecular weight excluding hydrogens is 182 g/mol. The van der Waals surface area contributed by atoms with Crippen molar-refractivity contribution in [1.29, 1.82) is 5.26 Å². The number of nitriles is 1. The maximum Gasteiger partial charge on any atom is 0.0662 e. The average molecular weight is 199 g/mol. The molecule has 0 amide bonds. The third-order valence-corrected chi connectivity index (χ3v) is 3.52. The Balaban J connectivity index is 2.29. The van der Waals surface area contributed by atoms with Crippen LogP contribution in [-0.2, 0) is 0 Å². The van der Waals surface area contributed by atoms with E-state index in [9.17, 15) is 0 Å². The second kappa shape index (κ2) is 4.49. The lowest BCUT2D eigenvalue weighted by molar-refractivity contribution is 0.368. The van der Waals surface area contributed by atoms with Gasteiger partial charge in [-0.15, -0.1) is 0 Å². The monoisotopic (exact) mass is 199 g/mol. The Labute approximate surface area is 91.7 Å². The van der Waals surface area contributed by atoms with Gasteiger partial charge in [0.15, 0.2) is 0 Å². The zero-order chi connectivity index (χ0) is 10.7. The van der Waals surface area contributed by atoms with Gasteiger partial charge >= 0.3 is 0 Å². The van der Waals surface area contributed by atoms with Crippen LogP contribution in [0.2, 0.25) is 0 Å². The number of hydrogen-bond donors (Lipinski definition) is 0. The van der Waals surface area contributed by atoms with Crippen LogP contribution in [0, 0.1) is 24.2 Å². The van der Waals surface area contributed by atoms with Gasteiger partial charge in [-0.1, -0.05) is 37.1 Å². The van der Waals surface area contributed by atoms with E-state index in [1.54, 1.807) is 0 Å². The molecule has 0 spiro atoms. The van der Waals surface area contributed by atoms with Crippen LogP contribution in [0.3, 0.4) is 0 Å². The molecule has 0 aromatic heterocycles. The Morgan fingerprint density at radius 3 is 2.67 bits per heavy atom. The van der Waals surface area contributed by atoms with Crippen molar-refractivity contribution in [2.24, 2.45) is 5.92 Å². The van der Waals surface area contributed by atoms with E-state index >= 15 is 0 Å². The molecule has 1 aromatic rings. The Morgan fingerprint density at radius 1 is 1.20 bits per heavy atom. The normalized spacial score (nSPS) is 25.9. The highest BCUT2D eigenvalue weighted by Gasteiger charge is 2.26. The van der Waals surface area contributed by atoms with Crippen LogP contribution in [0.5, 0.6) is 0 Å². The summed E-state index contributed by atoms with van der Waals surface area (Å²) in [5.74, 6) is 0.713. The molecular formula is C14H17N. The fraction of sp³-hybridized carbons (Fsp3) is 0.500. The van der Waals surface area contributed by atoms with Crippen molar-refractivity contribution in [1.82, 2.24) is 0 Å². The van der Waals surface area contributed by atoms with Crippen molar-refractivity contribution in [3.63, 3.8) is 0 Å². The van der Waals surface area contributed by atoms with Crippen molar-refractivity contribution in [2.45, 2.75) is 38.5 Å². The first-order valence-corrected chi connectivity index (χ1v) is 5.78. The highest BCUT2D eigenvalue weighted by atomic mass is 14.3. The predicted octanol–water partition coefficient (Wildman–Crippen LogP) is 3.79. The molecule has 1 nitrogen and oxygen atoms in total. The van der Waals surface area contributed by atoms with E-state index in [4.69, 9.17) is 5.26 Å². The van der Waals surface area contributed by atoms with Gasteiger partial charge in [0.2, 0.25) is 0 Å². The van der Waals surface area contributed by atoms with Gasteiger partial charge in [-0.2, -0.15) is 5.26 Å². The first-order chi connectivity index (χ1) is 7.33. The molecule has 1 aliphatic carbocycles. The van der Waals surface area contributed by atoms with Gasteiger partial charge < -0.3 is 0 Å². The molecule has 0 bridgehead atoms. The second-order valence-corrected chi connectivity index (χ2v) is 4.48. The minimum Gasteiger partial charge on any atom is -0.198 e. The highest BCUT2D eigenvalue weighted by molar-refractivity contribution is 5.31. The smallest absolute Gasteiger partial charge is 0.0662 e. The van der Waals surface area contributed by atoms with Gasteiger partial charge in [0.25, 0.3) is 0 Å². The molecule has 15 heavy (non-hydrogen) atoms. The van der Waals surface area contributed by atoms with E-state index in [1.807, 2.05) is 0 Å². The lowest BCUT2D eigenvalue weighted by atomic mass is 9.75. The summed E-state index contributed by atoms with van der Waals surface area (Å²) < 4.78 is 0. The third-order valence-electron chi connectivity index (χ3n) is 3.52. The van der Waals surface area contributed by atoms with Gasteiger partial charge in [0.05, 0.1) is 12.0 Å². The number of aryl methyl sites for hydroxylation is 1. The zero-order valence-electron chi connectivity index (χ0n) is 9.24. The second-order valence-electron chi connectivity index (χ2n) is 4.48. The number of benzene rings is 1. The topological polar surface area (TPSA) is 23.8 Å². The molecule has 0 heterocycles. The SMILES string of the molecule is Cc1ccccc1C1CCCCC1C#N. The molecule has 1 aliphatic rings.